The maximum atomic E-state index is 13.8. The van der Waals surface area contributed by atoms with E-state index in [2.05, 4.69) is 9.97 Å². The van der Waals surface area contributed by atoms with Crippen LogP contribution in [0.4, 0.5) is 11.8 Å². The summed E-state index contributed by atoms with van der Waals surface area (Å²) in [5, 5.41) is -0.220. The fraction of sp³-hybridized carbons (Fsp3) is 0.348. The first-order valence-electron chi connectivity index (χ1n) is 16.8. The van der Waals surface area contributed by atoms with Crippen LogP contribution in [0, 0.1) is 0 Å². The molecule has 0 radical (unpaired) electrons. The zero-order valence-electron chi connectivity index (χ0n) is 31.6. The van der Waals surface area contributed by atoms with E-state index in [-0.39, 0.29) is 21.8 Å². The summed E-state index contributed by atoms with van der Waals surface area (Å²) in [7, 11) is -6.23. The van der Waals surface area contributed by atoms with Crippen molar-refractivity contribution in [1.29, 1.82) is 0 Å². The van der Waals surface area contributed by atoms with Gasteiger partial charge in [0.05, 0.1) is 40.2 Å². The van der Waals surface area contributed by atoms with Gasteiger partial charge >= 0.3 is 0 Å². The van der Waals surface area contributed by atoms with Gasteiger partial charge in [-0.05, 0) is 18.2 Å². The van der Waals surface area contributed by atoms with Crippen LogP contribution >= 0.6 is 0 Å². The number of amides is 1. The molecule has 2 N–H and O–H groups in total. The van der Waals surface area contributed by atoms with E-state index in [4.69, 9.17) is 45.2 Å². The van der Waals surface area contributed by atoms with Crippen LogP contribution in [0.3, 0.4) is 0 Å². The lowest BCUT2D eigenvalue weighted by atomic mass is 10.2. The highest BCUT2D eigenvalue weighted by Gasteiger charge is 2.33. The number of nitrogens with two attached hydrogens (primary N) is 1. The van der Waals surface area contributed by atoms with Crippen molar-refractivity contribution in [2.24, 2.45) is 0 Å². The van der Waals surface area contributed by atoms with E-state index in [1.165, 1.54) is 18.2 Å². The predicted octanol–water partition coefficient (Wildman–Crippen LogP) is 1.72. The van der Waals surface area contributed by atoms with Gasteiger partial charge in [0.25, 0.3) is 5.91 Å². The number of nitrogen functional groups attached to an aromatic ring is 1. The van der Waals surface area contributed by atoms with Crippen molar-refractivity contribution >= 4 is 28.6 Å². The summed E-state index contributed by atoms with van der Waals surface area (Å²) in [5.74, 6) is -4.83. The molecule has 1 aromatic heterocycles. The second-order valence-corrected chi connectivity index (χ2v) is 6.61. The maximum Gasteiger partial charge on any atom is 0.267 e. The number of carbonyl (C=O) groups excluding carboxylic acids is 1. The highest BCUT2D eigenvalue weighted by Crippen LogP contribution is 2.34. The molecule has 10 heteroatoms. The topological polar surface area (TPSA) is 112 Å². The molecule has 172 valence electrons. The molecule has 2 aliphatic heterocycles. The Kier molecular flexibility index (Phi) is 2.56. The van der Waals surface area contributed by atoms with Crippen LogP contribution in [0.2, 0.25) is 0 Å². The number of hydrogen-bond acceptors (Lipinski definition) is 9. The van der Waals surface area contributed by atoms with Gasteiger partial charge in [-0.2, -0.15) is 4.98 Å². The smallest absolute Gasteiger partial charge is 0.267 e. The van der Waals surface area contributed by atoms with E-state index < -0.39 is 92.3 Å². The third kappa shape index (κ3) is 3.88. The van der Waals surface area contributed by atoms with Crippen molar-refractivity contribution < 1.29 is 44.3 Å². The Morgan fingerprint density at radius 1 is 1.15 bits per heavy atom. The van der Waals surface area contributed by atoms with Crippen molar-refractivity contribution in [3.63, 3.8) is 0 Å². The molecule has 5 rings (SSSR count). The third-order valence-electron chi connectivity index (χ3n) is 4.63. The molecule has 2 aliphatic rings. The molecule has 1 amide bonds. The Morgan fingerprint density at radius 2 is 1.88 bits per heavy atom. The van der Waals surface area contributed by atoms with E-state index >= 15 is 0 Å². The average molecular weight is 467 g/mol. The number of hydrogen-bond donors (Lipinski definition) is 1. The summed E-state index contributed by atoms with van der Waals surface area (Å²) in [5.41, 5.74) is 5.63. The zero-order chi connectivity index (χ0) is 36.0. The standard InChI is InChI=1S/C23H25N5O5/c1-30-18-11-14-15(12-19(18)31-2)25-23(26-21(14)24)28-9-7-27(8-10-28)22(29)20-13-32-16-5-3-4-6-17(16)33-20/h3-6,11-12,20H,7-10,13H2,1-2H3,(H2,24,25,26)/i1D3,2D3,7D2,8D2,9D2,10D2,20D. The molecule has 3 heterocycles. The molecule has 0 saturated carbocycles. The lowest BCUT2D eigenvalue weighted by Gasteiger charge is -2.37. The van der Waals surface area contributed by atoms with E-state index in [0.717, 1.165) is 12.1 Å². The second-order valence-electron chi connectivity index (χ2n) is 6.61. The summed E-state index contributed by atoms with van der Waals surface area (Å²) in [4.78, 5) is 21.1. The Bertz CT molecular complexity index is 1760. The van der Waals surface area contributed by atoms with E-state index in [1.54, 1.807) is 6.07 Å². The molecular formula is C23H25N5O5. The molecule has 0 bridgehead atoms. The number of benzene rings is 2. The van der Waals surface area contributed by atoms with E-state index in [1.807, 2.05) is 0 Å². The van der Waals surface area contributed by atoms with Gasteiger partial charge in [-0.3, -0.25) is 4.79 Å². The van der Waals surface area contributed by atoms with Crippen LogP contribution in [-0.2, 0) is 4.79 Å². The SMILES string of the molecule is [2H]C([2H])([2H])Oc1cc2nc(N3C([2H])([2H])C([2H])([2H])N(C(=O)C4([2H])COc5ccccc5O4)C([2H])([2H])C3([2H])[2H])nc(N)c2cc1OC([2H])([2H])[2H]. The van der Waals surface area contributed by atoms with Crippen molar-refractivity contribution in [3.05, 3.63) is 36.4 Å². The van der Waals surface area contributed by atoms with Gasteiger partial charge in [-0.25, -0.2) is 4.98 Å². The lowest BCUT2D eigenvalue weighted by molar-refractivity contribution is -0.141. The second kappa shape index (κ2) is 8.53. The first kappa shape index (κ1) is 9.90. The largest absolute Gasteiger partial charge is 0.493 e. The summed E-state index contributed by atoms with van der Waals surface area (Å²) < 4.78 is 143. The minimum atomic E-state index is -3.80. The van der Waals surface area contributed by atoms with Crippen molar-refractivity contribution in [3.8, 4) is 23.0 Å². The van der Waals surface area contributed by atoms with Gasteiger partial charge in [0.1, 0.15) is 12.4 Å². The number of ether oxygens (including phenoxy) is 4. The molecule has 0 aliphatic carbocycles. The number of rotatable bonds is 4. The minimum Gasteiger partial charge on any atom is -0.493 e. The molecule has 33 heavy (non-hydrogen) atoms. The number of carbonyl (C=O) groups is 1. The van der Waals surface area contributed by atoms with Gasteiger partial charge in [0.15, 0.2) is 23.0 Å². The third-order valence-corrected chi connectivity index (χ3v) is 4.63. The highest BCUT2D eigenvalue weighted by atomic mass is 16.6. The number of nitrogens with zero attached hydrogens (tertiary/aromatic N) is 4. The fourth-order valence-electron chi connectivity index (χ4n) is 3.05. The molecule has 1 atom stereocenters. The normalized spacial score (nSPS) is 33.5. The first-order chi connectivity index (χ1) is 21.7. The molecular weight excluding hydrogens is 426 g/mol. The predicted molar refractivity (Wildman–Crippen MR) is 122 cm³/mol. The summed E-state index contributed by atoms with van der Waals surface area (Å²) >= 11 is 0. The molecule has 1 unspecified atom stereocenters. The van der Waals surface area contributed by atoms with E-state index in [9.17, 15) is 4.79 Å². The molecule has 1 fully saturated rings. The maximum absolute atomic E-state index is 13.8. The van der Waals surface area contributed by atoms with Crippen LogP contribution in [0.25, 0.3) is 10.9 Å². The fourth-order valence-corrected chi connectivity index (χ4v) is 3.05. The zero-order valence-corrected chi connectivity index (χ0v) is 16.6. The van der Waals surface area contributed by atoms with E-state index in [0.29, 0.717) is 0 Å². The number of piperazine rings is 1. The lowest BCUT2D eigenvalue weighted by Crippen LogP contribution is -2.54. The Morgan fingerprint density at radius 3 is 2.64 bits per heavy atom. The number of aromatic nitrogens is 2. The van der Waals surface area contributed by atoms with Gasteiger partial charge in [-0.1, -0.05) is 12.1 Å². The number of anilines is 2. The molecule has 10 nitrogen and oxygen atoms in total. The van der Waals surface area contributed by atoms with Crippen molar-refractivity contribution in [2.75, 3.05) is 57.3 Å². The highest BCUT2D eigenvalue weighted by molar-refractivity contribution is 5.91. The van der Waals surface area contributed by atoms with Crippen LogP contribution in [0.15, 0.2) is 36.4 Å². The van der Waals surface area contributed by atoms with Gasteiger partial charge in [0, 0.05) is 37.4 Å². The number of fused-ring (bicyclic) bond motifs is 2. The van der Waals surface area contributed by atoms with Crippen LogP contribution in [-0.4, -0.2) is 73.5 Å². The summed E-state index contributed by atoms with van der Waals surface area (Å²) in [6.45, 7) is -15.9. The molecule has 1 saturated heterocycles. The minimum absolute atomic E-state index is 0.116. The van der Waals surface area contributed by atoms with Crippen LogP contribution < -0.4 is 29.6 Å². The van der Waals surface area contributed by atoms with Gasteiger partial charge in [-0.15, -0.1) is 0 Å². The number of methoxy groups -OCH3 is 2. The van der Waals surface area contributed by atoms with Gasteiger partial charge < -0.3 is 34.5 Å². The van der Waals surface area contributed by atoms with Crippen molar-refractivity contribution in [2.45, 2.75) is 6.08 Å². The van der Waals surface area contributed by atoms with Crippen LogP contribution in [0.5, 0.6) is 23.0 Å². The molecule has 3 aromatic rings. The van der Waals surface area contributed by atoms with Gasteiger partial charge in [0.2, 0.25) is 12.0 Å². The molecule has 2 aromatic carbocycles. The Labute approximate surface area is 211 Å². The average Bonchev–Trinajstić information content (AvgIpc) is 2.91. The molecule has 0 spiro atoms. The monoisotopic (exact) mass is 466 g/mol. The van der Waals surface area contributed by atoms with Crippen molar-refractivity contribution in [1.82, 2.24) is 14.9 Å². The summed E-state index contributed by atoms with van der Waals surface area (Å²) in [6.07, 6.45) is -2.89. The number of para-hydroxylation sites is 2. The Balaban J connectivity index is 1.63. The Hall–Kier alpha value is -3.95. The van der Waals surface area contributed by atoms with Crippen LogP contribution in [0.1, 0.15) is 20.6 Å². The first-order valence-corrected chi connectivity index (χ1v) is 9.28. The summed E-state index contributed by atoms with van der Waals surface area (Å²) in [6, 6.07) is 7.52. The quantitative estimate of drug-likeness (QED) is 0.614.